The molecule has 3 nitrogen and oxygen atoms in total. The highest BCUT2D eigenvalue weighted by atomic mass is 79.9. The number of hydrogen-bond donors (Lipinski definition) is 1. The summed E-state index contributed by atoms with van der Waals surface area (Å²) in [5.74, 6) is 1.72. The Labute approximate surface area is 119 Å². The Balaban J connectivity index is 1.80. The zero-order chi connectivity index (χ0) is 13.2. The van der Waals surface area contributed by atoms with Crippen molar-refractivity contribution in [2.24, 2.45) is 0 Å². The first-order valence-electron chi connectivity index (χ1n) is 6.05. The minimum absolute atomic E-state index is 0.442. The van der Waals surface area contributed by atoms with Crippen molar-refractivity contribution < 1.29 is 4.74 Å². The van der Waals surface area contributed by atoms with Crippen LogP contribution in [0.4, 0.5) is 0 Å². The van der Waals surface area contributed by atoms with Crippen LogP contribution in [0.3, 0.4) is 0 Å². The predicted octanol–water partition coefficient (Wildman–Crippen LogP) is 4.21. The van der Waals surface area contributed by atoms with Gasteiger partial charge in [-0.1, -0.05) is 34.1 Å². The van der Waals surface area contributed by atoms with Crippen LogP contribution in [0.25, 0.3) is 11.0 Å². The summed E-state index contributed by atoms with van der Waals surface area (Å²) in [6, 6.07) is 13.9. The van der Waals surface area contributed by atoms with Gasteiger partial charge in [0.05, 0.1) is 11.0 Å². The molecule has 3 aromatic rings. The molecule has 0 bridgehead atoms. The number of benzene rings is 2. The fourth-order valence-electron chi connectivity index (χ4n) is 1.97. The van der Waals surface area contributed by atoms with Gasteiger partial charge in [-0.2, -0.15) is 0 Å². The van der Waals surface area contributed by atoms with Crippen molar-refractivity contribution >= 4 is 27.0 Å². The van der Waals surface area contributed by atoms with Crippen molar-refractivity contribution in [1.82, 2.24) is 9.97 Å². The highest BCUT2D eigenvalue weighted by molar-refractivity contribution is 9.10. The first-order valence-corrected chi connectivity index (χ1v) is 6.84. The molecule has 1 aromatic heterocycles. The van der Waals surface area contributed by atoms with Gasteiger partial charge in [-0.15, -0.1) is 0 Å². The van der Waals surface area contributed by atoms with Crippen LogP contribution < -0.4 is 4.74 Å². The molecule has 0 radical (unpaired) electrons. The van der Waals surface area contributed by atoms with Gasteiger partial charge in [0.1, 0.15) is 18.2 Å². The second-order valence-electron chi connectivity index (χ2n) is 4.40. The normalized spacial score (nSPS) is 10.8. The van der Waals surface area contributed by atoms with E-state index < -0.39 is 0 Å². The fraction of sp³-hybridized carbons (Fsp3) is 0.133. The number of halogens is 1. The van der Waals surface area contributed by atoms with E-state index in [2.05, 4.69) is 25.9 Å². The zero-order valence-electron chi connectivity index (χ0n) is 10.5. The van der Waals surface area contributed by atoms with Gasteiger partial charge in [0.15, 0.2) is 0 Å². The van der Waals surface area contributed by atoms with Crippen LogP contribution >= 0.6 is 15.9 Å². The second-order valence-corrected chi connectivity index (χ2v) is 5.31. The Kier molecular flexibility index (Phi) is 3.25. The van der Waals surface area contributed by atoms with Gasteiger partial charge in [-0.25, -0.2) is 4.98 Å². The summed E-state index contributed by atoms with van der Waals surface area (Å²) >= 11 is 3.45. The maximum Gasteiger partial charge on any atom is 0.146 e. The Morgan fingerprint density at radius 2 is 2.05 bits per heavy atom. The summed E-state index contributed by atoms with van der Waals surface area (Å²) < 4.78 is 6.81. The van der Waals surface area contributed by atoms with E-state index in [9.17, 15) is 0 Å². The number of rotatable bonds is 3. The minimum atomic E-state index is 0.442. The lowest BCUT2D eigenvalue weighted by molar-refractivity contribution is 0.295. The van der Waals surface area contributed by atoms with Crippen LogP contribution in [0.2, 0.25) is 0 Å². The lowest BCUT2D eigenvalue weighted by Gasteiger charge is -2.06. The van der Waals surface area contributed by atoms with E-state index in [1.54, 1.807) is 0 Å². The maximum atomic E-state index is 5.78. The molecule has 0 aliphatic heterocycles. The molecule has 19 heavy (non-hydrogen) atoms. The van der Waals surface area contributed by atoms with Crippen LogP contribution in [0, 0.1) is 6.92 Å². The molecule has 0 fully saturated rings. The Morgan fingerprint density at radius 3 is 2.89 bits per heavy atom. The van der Waals surface area contributed by atoms with Crippen LogP contribution in [0.15, 0.2) is 46.9 Å². The summed E-state index contributed by atoms with van der Waals surface area (Å²) in [6.45, 7) is 2.47. The van der Waals surface area contributed by atoms with E-state index in [0.717, 1.165) is 32.6 Å². The highest BCUT2D eigenvalue weighted by Gasteiger charge is 2.05. The topological polar surface area (TPSA) is 37.9 Å². The maximum absolute atomic E-state index is 5.78. The molecule has 0 aliphatic carbocycles. The van der Waals surface area contributed by atoms with E-state index in [4.69, 9.17) is 4.74 Å². The summed E-state index contributed by atoms with van der Waals surface area (Å²) in [6.07, 6.45) is 0. The molecule has 96 valence electrons. The smallest absolute Gasteiger partial charge is 0.146 e. The quantitative estimate of drug-likeness (QED) is 0.786. The summed E-state index contributed by atoms with van der Waals surface area (Å²) in [7, 11) is 0. The van der Waals surface area contributed by atoms with E-state index in [1.807, 2.05) is 49.4 Å². The Hall–Kier alpha value is -1.81. The number of hydrogen-bond acceptors (Lipinski definition) is 2. The second kappa shape index (κ2) is 5.05. The van der Waals surface area contributed by atoms with Gasteiger partial charge in [0.2, 0.25) is 0 Å². The number of aromatic nitrogens is 2. The number of nitrogens with zero attached hydrogens (tertiary/aromatic N) is 1. The molecule has 0 saturated heterocycles. The van der Waals surface area contributed by atoms with Crippen LogP contribution in [0.5, 0.6) is 5.75 Å². The molecule has 0 aliphatic rings. The Morgan fingerprint density at radius 1 is 1.21 bits per heavy atom. The average molecular weight is 317 g/mol. The lowest BCUT2D eigenvalue weighted by Crippen LogP contribution is -1.98. The molecule has 0 amide bonds. The lowest BCUT2D eigenvalue weighted by atomic mass is 10.2. The third kappa shape index (κ3) is 2.63. The first kappa shape index (κ1) is 12.2. The molecule has 0 unspecified atom stereocenters. The summed E-state index contributed by atoms with van der Waals surface area (Å²) in [4.78, 5) is 7.76. The summed E-state index contributed by atoms with van der Waals surface area (Å²) in [5, 5.41) is 0. The van der Waals surface area contributed by atoms with Gasteiger partial charge in [-0.05, 0) is 36.8 Å². The number of fused-ring (bicyclic) bond motifs is 1. The standard InChI is InChI=1S/C15H13BrN2O/c1-10-4-2-3-5-14(10)19-9-15-17-12-7-6-11(16)8-13(12)18-15/h2-8H,9H2,1H3,(H,17,18). The van der Waals surface area contributed by atoms with Gasteiger partial charge in [0, 0.05) is 4.47 Å². The fourth-order valence-corrected chi connectivity index (χ4v) is 2.33. The monoisotopic (exact) mass is 316 g/mol. The molecule has 4 heteroatoms. The van der Waals surface area contributed by atoms with E-state index in [1.165, 1.54) is 0 Å². The SMILES string of the molecule is Cc1ccccc1OCc1nc2ccc(Br)cc2[nH]1. The number of aromatic amines is 1. The zero-order valence-corrected chi connectivity index (χ0v) is 12.1. The highest BCUT2D eigenvalue weighted by Crippen LogP contribution is 2.20. The van der Waals surface area contributed by atoms with E-state index in [0.29, 0.717) is 6.61 Å². The van der Waals surface area contributed by atoms with E-state index >= 15 is 0 Å². The number of aryl methyl sites for hydroxylation is 1. The van der Waals surface area contributed by atoms with Gasteiger partial charge in [-0.3, -0.25) is 0 Å². The van der Waals surface area contributed by atoms with Crippen LogP contribution in [-0.2, 0) is 6.61 Å². The largest absolute Gasteiger partial charge is 0.485 e. The number of H-pyrrole nitrogens is 1. The van der Waals surface area contributed by atoms with Crippen molar-refractivity contribution in [3.05, 3.63) is 58.3 Å². The van der Waals surface area contributed by atoms with Crippen molar-refractivity contribution in [3.63, 3.8) is 0 Å². The van der Waals surface area contributed by atoms with Crippen molar-refractivity contribution in [3.8, 4) is 5.75 Å². The third-order valence-corrected chi connectivity index (χ3v) is 3.44. The van der Waals surface area contributed by atoms with Crippen LogP contribution in [0.1, 0.15) is 11.4 Å². The summed E-state index contributed by atoms with van der Waals surface area (Å²) in [5.41, 5.74) is 3.09. The molecule has 0 spiro atoms. The van der Waals surface area contributed by atoms with Crippen LogP contribution in [-0.4, -0.2) is 9.97 Å². The molecule has 1 heterocycles. The average Bonchev–Trinajstić information content (AvgIpc) is 2.79. The van der Waals surface area contributed by atoms with E-state index in [-0.39, 0.29) is 0 Å². The van der Waals surface area contributed by atoms with Crippen molar-refractivity contribution in [2.75, 3.05) is 0 Å². The molecule has 1 N–H and O–H groups in total. The number of nitrogens with one attached hydrogen (secondary N) is 1. The molecule has 3 rings (SSSR count). The molecule has 2 aromatic carbocycles. The molecular weight excluding hydrogens is 304 g/mol. The van der Waals surface area contributed by atoms with Crippen molar-refractivity contribution in [1.29, 1.82) is 0 Å². The molecule has 0 saturated carbocycles. The minimum Gasteiger partial charge on any atom is -0.485 e. The molecule has 0 atom stereocenters. The molecular formula is C15H13BrN2O. The first-order chi connectivity index (χ1) is 9.22. The number of imidazole rings is 1. The van der Waals surface area contributed by atoms with Gasteiger partial charge < -0.3 is 9.72 Å². The van der Waals surface area contributed by atoms with Gasteiger partial charge in [0.25, 0.3) is 0 Å². The third-order valence-electron chi connectivity index (χ3n) is 2.95. The van der Waals surface area contributed by atoms with Gasteiger partial charge >= 0.3 is 0 Å². The number of ether oxygens (including phenoxy) is 1. The Bertz CT molecular complexity index is 721. The predicted molar refractivity (Wildman–Crippen MR) is 79.3 cm³/mol. The van der Waals surface area contributed by atoms with Crippen molar-refractivity contribution in [2.45, 2.75) is 13.5 Å². The number of para-hydroxylation sites is 1.